The van der Waals surface area contributed by atoms with Crippen LogP contribution in [0.3, 0.4) is 0 Å². The predicted octanol–water partition coefficient (Wildman–Crippen LogP) is 2.07. The molecule has 0 spiro atoms. The maximum atomic E-state index is 11.0. The standard InChI is InChI=1S/C14H22BN2O4S/c1-5-21-12(13-16-10(7-22-13)14(19)20)6-11(9(2)3)17(4)15-8-18/h7-9,11-12H,5-6H2,1-4H3,(H,19,20)/t11-,12-/m0/s1. The molecule has 1 rings (SSSR count). The Balaban J connectivity index is 2.92. The van der Waals surface area contributed by atoms with Crippen molar-refractivity contribution in [3.05, 3.63) is 16.1 Å². The van der Waals surface area contributed by atoms with Crippen LogP contribution in [-0.2, 0) is 9.53 Å². The van der Waals surface area contributed by atoms with Crippen LogP contribution >= 0.6 is 11.3 Å². The average molecular weight is 325 g/mol. The summed E-state index contributed by atoms with van der Waals surface area (Å²) >= 11 is 1.29. The van der Waals surface area contributed by atoms with Crippen molar-refractivity contribution in [3.8, 4) is 0 Å². The summed E-state index contributed by atoms with van der Waals surface area (Å²) < 4.78 is 5.76. The fraction of sp³-hybridized carbons (Fsp3) is 0.643. The Bertz CT molecular complexity index is 495. The third-order valence-electron chi connectivity index (χ3n) is 3.43. The van der Waals surface area contributed by atoms with Gasteiger partial charge in [0.15, 0.2) is 5.69 Å². The number of thiazole rings is 1. The summed E-state index contributed by atoms with van der Waals surface area (Å²) in [7, 11) is 3.35. The Morgan fingerprint density at radius 2 is 2.27 bits per heavy atom. The first kappa shape index (κ1) is 18.8. The van der Waals surface area contributed by atoms with Gasteiger partial charge in [-0.3, -0.25) is 0 Å². The Hall–Kier alpha value is -1.25. The molecular formula is C14H22BN2O4S. The second-order valence-electron chi connectivity index (χ2n) is 5.32. The molecule has 22 heavy (non-hydrogen) atoms. The SMILES string of the molecule is CCO[C@@H](C[C@@H](C(C)C)N(C)[B]C=O)c1nc(C(=O)O)cs1. The normalized spacial score (nSPS) is 14.1. The second kappa shape index (κ2) is 9.02. The summed E-state index contributed by atoms with van der Waals surface area (Å²) in [6.45, 7) is 6.56. The zero-order chi connectivity index (χ0) is 16.7. The first-order valence-electron chi connectivity index (χ1n) is 7.21. The topological polar surface area (TPSA) is 79.7 Å². The minimum atomic E-state index is -1.04. The van der Waals surface area contributed by atoms with Crippen LogP contribution in [0.4, 0.5) is 0 Å². The minimum Gasteiger partial charge on any atom is -0.476 e. The van der Waals surface area contributed by atoms with E-state index in [2.05, 4.69) is 18.8 Å². The van der Waals surface area contributed by atoms with E-state index in [1.54, 1.807) is 0 Å². The number of hydrogen-bond acceptors (Lipinski definition) is 6. The molecule has 0 saturated heterocycles. The molecule has 1 N–H and O–H groups in total. The highest BCUT2D eigenvalue weighted by Gasteiger charge is 2.27. The molecule has 1 aromatic rings. The largest absolute Gasteiger partial charge is 0.476 e. The van der Waals surface area contributed by atoms with Gasteiger partial charge in [-0.25, -0.2) is 9.78 Å². The lowest BCUT2D eigenvalue weighted by atomic mass is 9.86. The van der Waals surface area contributed by atoms with Gasteiger partial charge in [0.1, 0.15) is 11.1 Å². The minimum absolute atomic E-state index is 0.0404. The molecule has 0 unspecified atom stereocenters. The molecule has 0 aromatic carbocycles. The van der Waals surface area contributed by atoms with Crippen LogP contribution in [0.15, 0.2) is 5.38 Å². The van der Waals surface area contributed by atoms with E-state index in [0.29, 0.717) is 24.0 Å². The summed E-state index contributed by atoms with van der Waals surface area (Å²) in [6, 6.07) is 0.0962. The number of aromatic carboxylic acids is 1. The molecule has 6 nitrogen and oxygen atoms in total. The van der Waals surface area contributed by atoms with Crippen molar-refractivity contribution >= 4 is 30.9 Å². The molecular weight excluding hydrogens is 303 g/mol. The lowest BCUT2D eigenvalue weighted by Crippen LogP contribution is -2.40. The van der Waals surface area contributed by atoms with Gasteiger partial charge in [0.05, 0.1) is 6.19 Å². The lowest BCUT2D eigenvalue weighted by Gasteiger charge is -2.32. The highest BCUT2D eigenvalue weighted by Crippen LogP contribution is 2.29. The number of carbonyl (C=O) groups excluding carboxylic acids is 1. The van der Waals surface area contributed by atoms with Gasteiger partial charge < -0.3 is 19.4 Å². The molecule has 0 fully saturated rings. The number of rotatable bonds is 10. The van der Waals surface area contributed by atoms with Crippen molar-refractivity contribution < 1.29 is 19.4 Å². The zero-order valence-corrected chi connectivity index (χ0v) is 14.2. The van der Waals surface area contributed by atoms with Gasteiger partial charge in [0, 0.05) is 18.0 Å². The first-order chi connectivity index (χ1) is 10.4. The van der Waals surface area contributed by atoms with E-state index in [4.69, 9.17) is 9.84 Å². The van der Waals surface area contributed by atoms with Crippen LogP contribution in [0, 0.1) is 5.92 Å². The van der Waals surface area contributed by atoms with Crippen molar-refractivity contribution in [1.29, 1.82) is 0 Å². The van der Waals surface area contributed by atoms with Crippen molar-refractivity contribution in [3.63, 3.8) is 0 Å². The van der Waals surface area contributed by atoms with Crippen LogP contribution in [0.5, 0.6) is 0 Å². The van der Waals surface area contributed by atoms with Gasteiger partial charge in [-0.2, -0.15) is 0 Å². The highest BCUT2D eigenvalue weighted by molar-refractivity contribution is 7.09. The zero-order valence-electron chi connectivity index (χ0n) is 13.4. The monoisotopic (exact) mass is 325 g/mol. The maximum absolute atomic E-state index is 11.0. The third kappa shape index (κ3) is 5.19. The molecule has 121 valence electrons. The van der Waals surface area contributed by atoms with Crippen molar-refractivity contribution in [2.45, 2.75) is 39.3 Å². The Morgan fingerprint density at radius 3 is 2.73 bits per heavy atom. The summed E-state index contributed by atoms with van der Waals surface area (Å²) in [4.78, 5) is 27.7. The van der Waals surface area contributed by atoms with E-state index >= 15 is 0 Å². The lowest BCUT2D eigenvalue weighted by molar-refractivity contribution is 0.0363. The summed E-state index contributed by atoms with van der Waals surface area (Å²) in [5, 5.41) is 11.2. The smallest absolute Gasteiger partial charge is 0.355 e. The van der Waals surface area contributed by atoms with E-state index in [0.717, 1.165) is 6.19 Å². The Morgan fingerprint density at radius 1 is 1.59 bits per heavy atom. The quantitative estimate of drug-likeness (QED) is 0.524. The van der Waals surface area contributed by atoms with Crippen LogP contribution in [0.1, 0.15) is 48.8 Å². The number of carboxylic acids is 1. The van der Waals surface area contributed by atoms with Crippen LogP contribution in [0.25, 0.3) is 0 Å². The molecule has 1 heterocycles. The molecule has 8 heteroatoms. The number of nitrogens with zero attached hydrogens (tertiary/aromatic N) is 2. The predicted molar refractivity (Wildman–Crippen MR) is 87.0 cm³/mol. The number of carbonyl (C=O) groups is 2. The first-order valence-corrected chi connectivity index (χ1v) is 8.09. The highest BCUT2D eigenvalue weighted by atomic mass is 32.1. The number of ether oxygens (including phenoxy) is 1. The molecule has 0 aliphatic heterocycles. The maximum Gasteiger partial charge on any atom is 0.355 e. The van der Waals surface area contributed by atoms with E-state index in [1.165, 1.54) is 24.1 Å². The van der Waals surface area contributed by atoms with Crippen LogP contribution < -0.4 is 0 Å². The molecule has 0 amide bonds. The molecule has 0 saturated carbocycles. The number of aromatic nitrogens is 1. The van der Waals surface area contributed by atoms with Gasteiger partial charge in [0.25, 0.3) is 7.41 Å². The average Bonchev–Trinajstić information content (AvgIpc) is 2.93. The third-order valence-corrected chi connectivity index (χ3v) is 4.37. The Labute approximate surface area is 135 Å². The van der Waals surface area contributed by atoms with E-state index in [-0.39, 0.29) is 17.8 Å². The summed E-state index contributed by atoms with van der Waals surface area (Å²) in [6.07, 6.45) is 1.12. The van der Waals surface area contributed by atoms with Crippen LogP contribution in [-0.4, -0.2) is 54.2 Å². The molecule has 0 aliphatic carbocycles. The van der Waals surface area contributed by atoms with Crippen molar-refractivity contribution in [2.24, 2.45) is 5.92 Å². The number of hydrogen-bond donors (Lipinski definition) is 1. The second-order valence-corrected chi connectivity index (χ2v) is 6.21. The van der Waals surface area contributed by atoms with E-state index in [9.17, 15) is 9.59 Å². The molecule has 1 aromatic heterocycles. The number of carboxylic acid groups (broad SMARTS) is 1. The van der Waals surface area contributed by atoms with E-state index < -0.39 is 5.97 Å². The van der Waals surface area contributed by atoms with Gasteiger partial charge in [0.2, 0.25) is 0 Å². The molecule has 1 radical (unpaired) electrons. The van der Waals surface area contributed by atoms with Gasteiger partial charge in [-0.15, -0.1) is 11.3 Å². The van der Waals surface area contributed by atoms with Gasteiger partial charge in [-0.1, -0.05) is 13.8 Å². The van der Waals surface area contributed by atoms with Gasteiger partial charge >= 0.3 is 5.97 Å². The van der Waals surface area contributed by atoms with Crippen LogP contribution in [0.2, 0.25) is 0 Å². The fourth-order valence-corrected chi connectivity index (χ4v) is 3.16. The molecule has 0 bridgehead atoms. The summed E-state index contributed by atoms with van der Waals surface area (Å²) in [5.41, 5.74) is 0.0404. The Kier molecular flexibility index (Phi) is 7.71. The van der Waals surface area contributed by atoms with Gasteiger partial charge in [-0.05, 0) is 26.3 Å². The van der Waals surface area contributed by atoms with Crippen molar-refractivity contribution in [2.75, 3.05) is 13.7 Å². The summed E-state index contributed by atoms with van der Waals surface area (Å²) in [5.74, 6) is -0.729. The molecule has 0 aliphatic rings. The van der Waals surface area contributed by atoms with E-state index in [1.807, 2.05) is 18.8 Å². The molecule has 2 atom stereocenters. The van der Waals surface area contributed by atoms with Crippen molar-refractivity contribution in [1.82, 2.24) is 9.79 Å². The fourth-order valence-electron chi connectivity index (χ4n) is 2.31.